The van der Waals surface area contributed by atoms with Crippen molar-refractivity contribution in [3.63, 3.8) is 0 Å². The summed E-state index contributed by atoms with van der Waals surface area (Å²) in [6.07, 6.45) is 3.19. The summed E-state index contributed by atoms with van der Waals surface area (Å²) in [6, 6.07) is 7.92. The number of benzene rings is 1. The van der Waals surface area contributed by atoms with E-state index in [-0.39, 0.29) is 30.0 Å². The van der Waals surface area contributed by atoms with Gasteiger partial charge in [-0.3, -0.25) is 9.59 Å². The number of likely N-dealkylation sites (tertiary alicyclic amines) is 1. The Morgan fingerprint density at radius 2 is 2.03 bits per heavy atom. The fourth-order valence-electron chi connectivity index (χ4n) is 3.70. The molecular formula is C23H23ClFN5O3. The van der Waals surface area contributed by atoms with Crippen LogP contribution in [0.15, 0.2) is 41.1 Å². The molecule has 2 aromatic heterocycles. The number of rotatable bonds is 6. The van der Waals surface area contributed by atoms with E-state index in [0.29, 0.717) is 66.0 Å². The molecule has 0 saturated carbocycles. The third kappa shape index (κ3) is 5.73. The van der Waals surface area contributed by atoms with Crippen molar-refractivity contribution in [2.24, 2.45) is 5.92 Å². The Balaban J connectivity index is 1.24. The Morgan fingerprint density at radius 1 is 1.24 bits per heavy atom. The topological polar surface area (TPSA) is 101 Å². The van der Waals surface area contributed by atoms with Gasteiger partial charge in [-0.15, -0.1) is 0 Å². The highest BCUT2D eigenvalue weighted by atomic mass is 35.5. The van der Waals surface area contributed by atoms with Crippen LogP contribution in [0.3, 0.4) is 0 Å². The van der Waals surface area contributed by atoms with Crippen molar-refractivity contribution in [2.45, 2.75) is 32.6 Å². The molecular weight excluding hydrogens is 449 g/mol. The number of anilines is 1. The second kappa shape index (κ2) is 10.1. The molecule has 0 unspecified atom stereocenters. The summed E-state index contributed by atoms with van der Waals surface area (Å²) in [5.74, 6) is 0.572. The molecule has 0 bridgehead atoms. The number of carbonyl (C=O) groups is 2. The minimum absolute atomic E-state index is 0.0226. The van der Waals surface area contributed by atoms with Crippen LogP contribution in [-0.4, -0.2) is 44.9 Å². The Bertz CT molecular complexity index is 1140. The van der Waals surface area contributed by atoms with Crippen LogP contribution >= 0.6 is 11.6 Å². The molecule has 10 heteroatoms. The van der Waals surface area contributed by atoms with Crippen molar-refractivity contribution in [1.29, 1.82) is 0 Å². The summed E-state index contributed by atoms with van der Waals surface area (Å²) >= 11 is 5.81. The van der Waals surface area contributed by atoms with Gasteiger partial charge in [0, 0.05) is 43.6 Å². The van der Waals surface area contributed by atoms with E-state index in [4.69, 9.17) is 16.1 Å². The quantitative estimate of drug-likeness (QED) is 0.582. The van der Waals surface area contributed by atoms with Crippen molar-refractivity contribution in [2.75, 3.05) is 18.4 Å². The van der Waals surface area contributed by atoms with E-state index < -0.39 is 0 Å². The molecule has 1 saturated heterocycles. The first-order chi connectivity index (χ1) is 15.9. The number of nitrogens with one attached hydrogen (secondary N) is 1. The van der Waals surface area contributed by atoms with Crippen LogP contribution in [0.25, 0.3) is 11.4 Å². The van der Waals surface area contributed by atoms with Gasteiger partial charge in [0.15, 0.2) is 0 Å². The van der Waals surface area contributed by atoms with Crippen LogP contribution in [-0.2, 0) is 16.0 Å². The van der Waals surface area contributed by atoms with Gasteiger partial charge >= 0.3 is 0 Å². The van der Waals surface area contributed by atoms with E-state index in [9.17, 15) is 14.0 Å². The molecule has 0 spiro atoms. The van der Waals surface area contributed by atoms with Crippen molar-refractivity contribution < 1.29 is 18.5 Å². The number of halogens is 2. The van der Waals surface area contributed by atoms with Gasteiger partial charge in [-0.25, -0.2) is 9.37 Å². The Morgan fingerprint density at radius 3 is 2.73 bits per heavy atom. The first kappa shape index (κ1) is 22.8. The maximum atomic E-state index is 13.5. The van der Waals surface area contributed by atoms with Crippen molar-refractivity contribution in [3.05, 3.63) is 58.8 Å². The number of piperidine rings is 1. The maximum Gasteiger partial charge on any atom is 0.228 e. The minimum atomic E-state index is -0.295. The number of aromatic nitrogens is 3. The molecule has 1 aliphatic rings. The van der Waals surface area contributed by atoms with Gasteiger partial charge in [0.05, 0.1) is 5.02 Å². The third-order valence-corrected chi connectivity index (χ3v) is 5.86. The van der Waals surface area contributed by atoms with Crippen molar-refractivity contribution in [3.8, 4) is 11.4 Å². The molecule has 1 aromatic carbocycles. The van der Waals surface area contributed by atoms with Crippen LogP contribution in [0.5, 0.6) is 0 Å². The smallest absolute Gasteiger partial charge is 0.228 e. The van der Waals surface area contributed by atoms with Gasteiger partial charge in [-0.2, -0.15) is 4.98 Å². The number of hydrogen-bond acceptors (Lipinski definition) is 6. The molecule has 2 amide bonds. The van der Waals surface area contributed by atoms with Gasteiger partial charge in [0.1, 0.15) is 11.6 Å². The molecule has 3 heterocycles. The Labute approximate surface area is 195 Å². The second-order valence-corrected chi connectivity index (χ2v) is 8.42. The van der Waals surface area contributed by atoms with Crippen LogP contribution in [0, 0.1) is 18.7 Å². The van der Waals surface area contributed by atoms with Gasteiger partial charge in [-0.05, 0) is 55.7 Å². The lowest BCUT2D eigenvalue weighted by atomic mass is 9.95. The second-order valence-electron chi connectivity index (χ2n) is 7.98. The lowest BCUT2D eigenvalue weighted by molar-refractivity contribution is -0.134. The Kier molecular flexibility index (Phi) is 6.98. The van der Waals surface area contributed by atoms with E-state index in [1.54, 1.807) is 36.1 Å². The normalized spacial score (nSPS) is 14.3. The Hall–Kier alpha value is -3.33. The summed E-state index contributed by atoms with van der Waals surface area (Å²) in [4.78, 5) is 35.2. The first-order valence-electron chi connectivity index (χ1n) is 10.7. The van der Waals surface area contributed by atoms with Crippen LogP contribution < -0.4 is 5.32 Å². The zero-order chi connectivity index (χ0) is 23.4. The number of hydrogen-bond donors (Lipinski definition) is 1. The van der Waals surface area contributed by atoms with Crippen LogP contribution in [0.2, 0.25) is 5.02 Å². The molecule has 3 aromatic rings. The van der Waals surface area contributed by atoms with Crippen molar-refractivity contribution in [1.82, 2.24) is 20.0 Å². The average molecular weight is 472 g/mol. The molecule has 1 fully saturated rings. The lowest BCUT2D eigenvalue weighted by Gasteiger charge is -2.31. The average Bonchev–Trinajstić information content (AvgIpc) is 3.30. The van der Waals surface area contributed by atoms with E-state index in [1.807, 2.05) is 0 Å². The summed E-state index contributed by atoms with van der Waals surface area (Å²) in [5.41, 5.74) is 1.15. The zero-order valence-corrected chi connectivity index (χ0v) is 18.8. The number of nitrogens with zero attached hydrogens (tertiary/aromatic N) is 4. The number of aryl methyl sites for hydroxylation is 2. The summed E-state index contributed by atoms with van der Waals surface area (Å²) in [5, 5.41) is 7.22. The summed E-state index contributed by atoms with van der Waals surface area (Å²) in [6.45, 7) is 2.68. The number of amides is 2. The molecule has 8 nitrogen and oxygen atoms in total. The molecule has 172 valence electrons. The number of carbonyl (C=O) groups excluding carboxylic acids is 2. The molecule has 33 heavy (non-hydrogen) atoms. The minimum Gasteiger partial charge on any atom is -0.343 e. The molecule has 1 aliphatic heterocycles. The van der Waals surface area contributed by atoms with Gasteiger partial charge in [-0.1, -0.05) is 16.8 Å². The SMILES string of the molecule is Cc1cc(-c2noc(CCC(=O)N3CCC(C(=O)Nc4ccc(Cl)cn4)CC3)n2)ccc1F. The standard InChI is InChI=1S/C23H23ClFN5O3/c1-14-12-16(2-4-18(14)25)22-28-20(33-29-22)6-7-21(31)30-10-8-15(9-11-30)23(32)27-19-5-3-17(24)13-26-19/h2-5,12-13,15H,6-11H2,1H3,(H,26,27,32). The summed E-state index contributed by atoms with van der Waals surface area (Å²) < 4.78 is 18.7. The van der Waals surface area contributed by atoms with Gasteiger partial charge in [0.25, 0.3) is 0 Å². The number of pyridine rings is 1. The van der Waals surface area contributed by atoms with E-state index in [1.165, 1.54) is 12.3 Å². The predicted molar refractivity (Wildman–Crippen MR) is 120 cm³/mol. The first-order valence-corrected chi connectivity index (χ1v) is 11.1. The third-order valence-electron chi connectivity index (χ3n) is 5.63. The fraction of sp³-hybridized carbons (Fsp3) is 0.348. The largest absolute Gasteiger partial charge is 0.343 e. The lowest BCUT2D eigenvalue weighted by Crippen LogP contribution is -2.41. The monoisotopic (exact) mass is 471 g/mol. The van der Waals surface area contributed by atoms with Crippen LogP contribution in [0.1, 0.15) is 30.7 Å². The van der Waals surface area contributed by atoms with Gasteiger partial charge in [0.2, 0.25) is 23.5 Å². The van der Waals surface area contributed by atoms with E-state index >= 15 is 0 Å². The summed E-state index contributed by atoms with van der Waals surface area (Å²) in [7, 11) is 0. The molecule has 1 N–H and O–H groups in total. The highest BCUT2D eigenvalue weighted by molar-refractivity contribution is 6.30. The van der Waals surface area contributed by atoms with E-state index in [0.717, 1.165) is 0 Å². The molecule has 0 aliphatic carbocycles. The highest BCUT2D eigenvalue weighted by Gasteiger charge is 2.27. The van der Waals surface area contributed by atoms with E-state index in [2.05, 4.69) is 20.4 Å². The van der Waals surface area contributed by atoms with Crippen molar-refractivity contribution >= 4 is 29.2 Å². The van der Waals surface area contributed by atoms with Gasteiger partial charge < -0.3 is 14.7 Å². The fourth-order valence-corrected chi connectivity index (χ4v) is 3.81. The molecule has 0 radical (unpaired) electrons. The molecule has 4 rings (SSSR count). The molecule has 0 atom stereocenters. The predicted octanol–water partition coefficient (Wildman–Crippen LogP) is 4.04. The maximum absolute atomic E-state index is 13.5. The zero-order valence-electron chi connectivity index (χ0n) is 18.1. The van der Waals surface area contributed by atoms with Crippen LogP contribution in [0.4, 0.5) is 10.2 Å². The highest BCUT2D eigenvalue weighted by Crippen LogP contribution is 2.22.